The Morgan fingerprint density at radius 3 is 2.89 bits per heavy atom. The minimum atomic E-state index is -0.146. The van der Waals surface area contributed by atoms with E-state index in [1.807, 2.05) is 30.3 Å². The average molecular weight is 276 g/mol. The maximum atomic E-state index is 11.5. The number of H-pyrrole nitrogens is 1. The van der Waals surface area contributed by atoms with Gasteiger partial charge < -0.3 is 4.74 Å². The van der Waals surface area contributed by atoms with Gasteiger partial charge in [-0.25, -0.2) is 0 Å². The molecule has 0 amide bonds. The highest BCUT2D eigenvalue weighted by Crippen LogP contribution is 2.17. The van der Waals surface area contributed by atoms with Crippen molar-refractivity contribution in [1.82, 2.24) is 10.2 Å². The highest BCUT2D eigenvalue weighted by Gasteiger charge is 2.04. The molecule has 1 aromatic carbocycles. The molecule has 1 heterocycles. The lowest BCUT2D eigenvalue weighted by atomic mass is 10.3. The lowest BCUT2D eigenvalue weighted by molar-refractivity contribution is -0.143. The first-order valence-corrected chi connectivity index (χ1v) is 7.14. The molecular weight excluding hydrogens is 260 g/mol. The Bertz CT molecular complexity index is 485. The van der Waals surface area contributed by atoms with Crippen LogP contribution in [0, 0.1) is 0 Å². The van der Waals surface area contributed by atoms with E-state index in [1.165, 1.54) is 4.90 Å². The van der Waals surface area contributed by atoms with Crippen molar-refractivity contribution < 1.29 is 9.53 Å². The fourth-order valence-electron chi connectivity index (χ4n) is 1.54. The monoisotopic (exact) mass is 276 g/mol. The summed E-state index contributed by atoms with van der Waals surface area (Å²) in [7, 11) is 0. The number of carbonyl (C=O) groups is 1. The standard InChI is InChI=1S/C14H16N2O2S/c17-14(18-8-6-12-10-15-16-11-12)7-9-19-13-4-2-1-3-5-13/h1-5,10-11H,6-9H2,(H,15,16). The van der Waals surface area contributed by atoms with E-state index in [0.29, 0.717) is 19.4 Å². The summed E-state index contributed by atoms with van der Waals surface area (Å²) >= 11 is 1.66. The zero-order chi connectivity index (χ0) is 13.3. The fourth-order valence-corrected chi connectivity index (χ4v) is 2.39. The van der Waals surface area contributed by atoms with E-state index >= 15 is 0 Å². The Labute approximate surface area is 116 Å². The van der Waals surface area contributed by atoms with E-state index in [1.54, 1.807) is 24.2 Å². The maximum Gasteiger partial charge on any atom is 0.306 e. The van der Waals surface area contributed by atoms with E-state index in [-0.39, 0.29) is 5.97 Å². The second kappa shape index (κ2) is 7.63. The van der Waals surface area contributed by atoms with Crippen LogP contribution in [0.4, 0.5) is 0 Å². The Morgan fingerprint density at radius 1 is 1.32 bits per heavy atom. The number of thioether (sulfide) groups is 1. The number of nitrogens with zero attached hydrogens (tertiary/aromatic N) is 1. The molecule has 2 rings (SSSR count). The molecular formula is C14H16N2O2S. The second-order valence-electron chi connectivity index (χ2n) is 3.99. The molecule has 0 saturated heterocycles. The van der Waals surface area contributed by atoms with Crippen LogP contribution in [-0.4, -0.2) is 28.5 Å². The van der Waals surface area contributed by atoms with Crippen LogP contribution in [0.2, 0.25) is 0 Å². The first-order chi connectivity index (χ1) is 9.34. The number of benzene rings is 1. The molecule has 0 aliphatic carbocycles. The molecule has 4 nitrogen and oxygen atoms in total. The number of aromatic amines is 1. The number of nitrogens with one attached hydrogen (secondary N) is 1. The van der Waals surface area contributed by atoms with Gasteiger partial charge in [0.25, 0.3) is 0 Å². The normalized spacial score (nSPS) is 10.3. The predicted molar refractivity (Wildman–Crippen MR) is 75.0 cm³/mol. The summed E-state index contributed by atoms with van der Waals surface area (Å²) in [6.45, 7) is 0.411. The molecule has 100 valence electrons. The van der Waals surface area contributed by atoms with Gasteiger partial charge in [-0.15, -0.1) is 11.8 Å². The molecule has 2 aromatic rings. The van der Waals surface area contributed by atoms with Crippen molar-refractivity contribution in [2.24, 2.45) is 0 Å². The minimum absolute atomic E-state index is 0.146. The first-order valence-electron chi connectivity index (χ1n) is 6.16. The van der Waals surface area contributed by atoms with Crippen LogP contribution in [0.25, 0.3) is 0 Å². The van der Waals surface area contributed by atoms with Gasteiger partial charge in [-0.3, -0.25) is 9.89 Å². The predicted octanol–water partition coefficient (Wildman–Crippen LogP) is 2.68. The Hall–Kier alpha value is -1.75. The molecule has 0 saturated carbocycles. The molecule has 0 spiro atoms. The van der Waals surface area contributed by atoms with Crippen molar-refractivity contribution in [1.29, 1.82) is 0 Å². The number of aromatic nitrogens is 2. The van der Waals surface area contributed by atoms with Crippen LogP contribution in [-0.2, 0) is 16.0 Å². The average Bonchev–Trinajstić information content (AvgIpc) is 2.93. The van der Waals surface area contributed by atoms with E-state index < -0.39 is 0 Å². The summed E-state index contributed by atoms with van der Waals surface area (Å²) in [6, 6.07) is 10.0. The molecule has 0 aliphatic rings. The van der Waals surface area contributed by atoms with Crippen LogP contribution >= 0.6 is 11.8 Å². The van der Waals surface area contributed by atoms with Crippen molar-refractivity contribution in [2.45, 2.75) is 17.7 Å². The topological polar surface area (TPSA) is 55.0 Å². The first kappa shape index (κ1) is 13.7. The van der Waals surface area contributed by atoms with Gasteiger partial charge in [0.2, 0.25) is 0 Å². The van der Waals surface area contributed by atoms with Crippen molar-refractivity contribution in [3.8, 4) is 0 Å². The molecule has 19 heavy (non-hydrogen) atoms. The van der Waals surface area contributed by atoms with Gasteiger partial charge >= 0.3 is 5.97 Å². The summed E-state index contributed by atoms with van der Waals surface area (Å²) in [5.74, 6) is 0.598. The summed E-state index contributed by atoms with van der Waals surface area (Å²) in [5, 5.41) is 6.56. The lowest BCUT2D eigenvalue weighted by Crippen LogP contribution is -2.08. The molecule has 1 N–H and O–H groups in total. The third-order valence-corrected chi connectivity index (χ3v) is 3.54. The third-order valence-electron chi connectivity index (χ3n) is 2.53. The van der Waals surface area contributed by atoms with Crippen LogP contribution in [0.1, 0.15) is 12.0 Å². The largest absolute Gasteiger partial charge is 0.465 e. The van der Waals surface area contributed by atoms with Gasteiger partial charge in [-0.05, 0) is 17.7 Å². The van der Waals surface area contributed by atoms with Crippen LogP contribution < -0.4 is 0 Å². The van der Waals surface area contributed by atoms with Crippen LogP contribution in [0.3, 0.4) is 0 Å². The summed E-state index contributed by atoms with van der Waals surface area (Å²) in [6.07, 6.45) is 4.68. The number of hydrogen-bond acceptors (Lipinski definition) is 4. The van der Waals surface area contributed by atoms with E-state index in [4.69, 9.17) is 4.74 Å². The smallest absolute Gasteiger partial charge is 0.306 e. The van der Waals surface area contributed by atoms with E-state index in [9.17, 15) is 4.79 Å². The van der Waals surface area contributed by atoms with Crippen LogP contribution in [0.5, 0.6) is 0 Å². The number of carbonyl (C=O) groups excluding carboxylic acids is 1. The Balaban J connectivity index is 1.57. The maximum absolute atomic E-state index is 11.5. The fraction of sp³-hybridized carbons (Fsp3) is 0.286. The molecule has 0 bridgehead atoms. The van der Waals surface area contributed by atoms with Gasteiger partial charge in [0.15, 0.2) is 0 Å². The highest BCUT2D eigenvalue weighted by molar-refractivity contribution is 7.99. The highest BCUT2D eigenvalue weighted by atomic mass is 32.2. The summed E-state index contributed by atoms with van der Waals surface area (Å²) in [4.78, 5) is 12.7. The second-order valence-corrected chi connectivity index (χ2v) is 5.16. The van der Waals surface area contributed by atoms with E-state index in [2.05, 4.69) is 10.2 Å². The Kier molecular flexibility index (Phi) is 5.49. The molecule has 0 radical (unpaired) electrons. The summed E-state index contributed by atoms with van der Waals surface area (Å²) in [5.41, 5.74) is 1.05. The Morgan fingerprint density at radius 2 is 2.16 bits per heavy atom. The van der Waals surface area contributed by atoms with Crippen molar-refractivity contribution in [3.05, 3.63) is 48.3 Å². The molecule has 0 aliphatic heterocycles. The van der Waals surface area contributed by atoms with Gasteiger partial charge in [-0.2, -0.15) is 5.10 Å². The van der Waals surface area contributed by atoms with Crippen molar-refractivity contribution in [2.75, 3.05) is 12.4 Å². The third kappa shape index (κ3) is 5.18. The number of rotatable bonds is 7. The SMILES string of the molecule is O=C(CCSc1ccccc1)OCCc1cn[nH]c1. The van der Waals surface area contributed by atoms with Crippen molar-refractivity contribution in [3.63, 3.8) is 0 Å². The van der Waals surface area contributed by atoms with E-state index in [0.717, 1.165) is 11.3 Å². The molecule has 0 atom stereocenters. The molecule has 0 fully saturated rings. The van der Waals surface area contributed by atoms with Gasteiger partial charge in [0, 0.05) is 23.3 Å². The lowest BCUT2D eigenvalue weighted by Gasteiger charge is -2.04. The zero-order valence-corrected chi connectivity index (χ0v) is 11.4. The molecule has 0 unspecified atom stereocenters. The molecule has 5 heteroatoms. The van der Waals surface area contributed by atoms with Gasteiger partial charge in [0.05, 0.1) is 19.2 Å². The van der Waals surface area contributed by atoms with Gasteiger partial charge in [-0.1, -0.05) is 18.2 Å². The molecule has 1 aromatic heterocycles. The van der Waals surface area contributed by atoms with Crippen LogP contribution in [0.15, 0.2) is 47.6 Å². The number of esters is 1. The van der Waals surface area contributed by atoms with Crippen molar-refractivity contribution >= 4 is 17.7 Å². The van der Waals surface area contributed by atoms with Gasteiger partial charge in [0.1, 0.15) is 0 Å². The number of ether oxygens (including phenoxy) is 1. The minimum Gasteiger partial charge on any atom is -0.465 e. The zero-order valence-electron chi connectivity index (χ0n) is 10.5. The summed E-state index contributed by atoms with van der Waals surface area (Å²) < 4.78 is 5.16. The number of hydrogen-bond donors (Lipinski definition) is 1. The quantitative estimate of drug-likeness (QED) is 0.624.